The topological polar surface area (TPSA) is 85.3 Å². The summed E-state index contributed by atoms with van der Waals surface area (Å²) in [6.07, 6.45) is 2.92. The van der Waals surface area contributed by atoms with Crippen LogP contribution in [0.2, 0.25) is 0 Å². The van der Waals surface area contributed by atoms with Gasteiger partial charge in [-0.25, -0.2) is 4.98 Å². The van der Waals surface area contributed by atoms with Crippen molar-refractivity contribution in [3.8, 4) is 16.8 Å². The normalized spacial score (nSPS) is 11.0. The van der Waals surface area contributed by atoms with E-state index in [9.17, 15) is 10.1 Å². The molecule has 0 spiro atoms. The summed E-state index contributed by atoms with van der Waals surface area (Å²) in [5.41, 5.74) is 9.32. The number of hydrogen-bond acceptors (Lipinski definition) is 5. The fourth-order valence-corrected chi connectivity index (χ4v) is 3.48. The molecule has 2 aromatic heterocycles. The molecule has 0 fully saturated rings. The van der Waals surface area contributed by atoms with Crippen molar-refractivity contribution in [2.45, 2.75) is 13.8 Å². The number of anilines is 1. The Hall–Kier alpha value is -4.26. The number of nitrogens with one attached hydrogen (secondary N) is 1. The fraction of sp³-hybridized carbons (Fsp3) is 0.0833. The van der Waals surface area contributed by atoms with Crippen LogP contribution in [0, 0.1) is 24.0 Å². The summed E-state index contributed by atoms with van der Waals surface area (Å²) >= 11 is 0. The Morgan fingerprint density at radius 3 is 2.35 bits per heavy atom. The number of aryl methyl sites for hydroxylation is 1. The maximum atomic E-state index is 10.7. The van der Waals surface area contributed by atoms with E-state index in [4.69, 9.17) is 0 Å². The number of rotatable bonds is 6. The van der Waals surface area contributed by atoms with Gasteiger partial charge < -0.3 is 4.57 Å². The molecule has 0 aliphatic carbocycles. The number of benzene rings is 2. The van der Waals surface area contributed by atoms with Crippen molar-refractivity contribution in [2.24, 2.45) is 5.10 Å². The molecule has 7 heteroatoms. The van der Waals surface area contributed by atoms with Gasteiger partial charge in [-0.05, 0) is 49.2 Å². The average molecular weight is 411 g/mol. The second kappa shape index (κ2) is 8.62. The highest BCUT2D eigenvalue weighted by Gasteiger charge is 2.10. The lowest BCUT2D eigenvalue weighted by molar-refractivity contribution is -0.385. The minimum Gasteiger partial charge on any atom is -0.318 e. The van der Waals surface area contributed by atoms with E-state index in [2.05, 4.69) is 69.5 Å². The lowest BCUT2D eigenvalue weighted by Crippen LogP contribution is -2.00. The van der Waals surface area contributed by atoms with Crippen LogP contribution in [0.3, 0.4) is 0 Å². The number of hydrogen-bond donors (Lipinski definition) is 1. The molecule has 0 atom stereocenters. The Labute approximate surface area is 179 Å². The Kier molecular flexibility index (Phi) is 5.57. The summed E-state index contributed by atoms with van der Waals surface area (Å²) in [5.74, 6) is 0.437. The smallest absolute Gasteiger partial charge is 0.287 e. The average Bonchev–Trinajstić information content (AvgIpc) is 3.08. The molecule has 2 heterocycles. The molecule has 0 saturated heterocycles. The van der Waals surface area contributed by atoms with E-state index in [1.54, 1.807) is 6.21 Å². The van der Waals surface area contributed by atoms with Crippen molar-refractivity contribution in [1.29, 1.82) is 0 Å². The largest absolute Gasteiger partial charge is 0.318 e. The molecular weight excluding hydrogens is 390 g/mol. The second-order valence-corrected chi connectivity index (χ2v) is 7.10. The van der Waals surface area contributed by atoms with E-state index < -0.39 is 4.92 Å². The minimum atomic E-state index is -0.485. The van der Waals surface area contributed by atoms with Gasteiger partial charge in [-0.1, -0.05) is 42.5 Å². The summed E-state index contributed by atoms with van der Waals surface area (Å²) in [7, 11) is 0. The predicted molar refractivity (Wildman–Crippen MR) is 123 cm³/mol. The maximum Gasteiger partial charge on any atom is 0.287 e. The van der Waals surface area contributed by atoms with Crippen LogP contribution in [-0.2, 0) is 0 Å². The zero-order valence-electron chi connectivity index (χ0n) is 17.2. The van der Waals surface area contributed by atoms with Crippen molar-refractivity contribution in [3.05, 3.63) is 106 Å². The van der Waals surface area contributed by atoms with Crippen LogP contribution in [0.5, 0.6) is 0 Å². The third-order valence-electron chi connectivity index (χ3n) is 5.04. The van der Waals surface area contributed by atoms with Crippen molar-refractivity contribution >= 4 is 17.7 Å². The first-order valence-electron chi connectivity index (χ1n) is 9.77. The highest BCUT2D eigenvalue weighted by molar-refractivity contribution is 5.82. The molecule has 31 heavy (non-hydrogen) atoms. The molecule has 1 N–H and O–H groups in total. The lowest BCUT2D eigenvalue weighted by atomic mass is 10.1. The van der Waals surface area contributed by atoms with Crippen LogP contribution in [0.1, 0.15) is 17.0 Å². The van der Waals surface area contributed by atoms with Gasteiger partial charge in [-0.2, -0.15) is 5.10 Å². The first-order valence-corrected chi connectivity index (χ1v) is 9.77. The summed E-state index contributed by atoms with van der Waals surface area (Å²) in [6.45, 7) is 4.10. The standard InChI is InChI=1S/C24H21N5O2/c1-17-14-21(15-26-27-24-13-12-23(16-25-24)29(30)31)18(2)28(17)22-10-8-20(9-11-22)19-6-4-3-5-7-19/h3-16H,1-2H3,(H,25,27)/b26-15-. The molecule has 4 rings (SSSR count). The van der Waals surface area contributed by atoms with E-state index >= 15 is 0 Å². The molecule has 154 valence electrons. The zero-order chi connectivity index (χ0) is 21.8. The van der Waals surface area contributed by atoms with Crippen LogP contribution in [0.25, 0.3) is 16.8 Å². The second-order valence-electron chi connectivity index (χ2n) is 7.10. The fourth-order valence-electron chi connectivity index (χ4n) is 3.48. The van der Waals surface area contributed by atoms with E-state index in [0.717, 1.165) is 22.6 Å². The third-order valence-corrected chi connectivity index (χ3v) is 5.04. The van der Waals surface area contributed by atoms with Gasteiger partial charge in [0.05, 0.1) is 11.1 Å². The quantitative estimate of drug-likeness (QED) is 0.257. The Morgan fingerprint density at radius 2 is 1.71 bits per heavy atom. The number of aromatic nitrogens is 2. The molecule has 7 nitrogen and oxygen atoms in total. The number of hydrazone groups is 1. The van der Waals surface area contributed by atoms with Crippen LogP contribution in [0.15, 0.2) is 84.1 Å². The van der Waals surface area contributed by atoms with Gasteiger partial charge in [-0.15, -0.1) is 0 Å². The van der Waals surface area contributed by atoms with E-state index in [1.165, 1.54) is 29.5 Å². The van der Waals surface area contributed by atoms with Crippen molar-refractivity contribution in [1.82, 2.24) is 9.55 Å². The van der Waals surface area contributed by atoms with E-state index in [-0.39, 0.29) is 5.69 Å². The van der Waals surface area contributed by atoms with E-state index in [0.29, 0.717) is 5.82 Å². The van der Waals surface area contributed by atoms with Crippen molar-refractivity contribution < 1.29 is 4.92 Å². The van der Waals surface area contributed by atoms with Crippen LogP contribution >= 0.6 is 0 Å². The molecule has 0 unspecified atom stereocenters. The zero-order valence-corrected chi connectivity index (χ0v) is 17.2. The van der Waals surface area contributed by atoms with Crippen LogP contribution < -0.4 is 5.43 Å². The molecule has 0 aliphatic rings. The van der Waals surface area contributed by atoms with Gasteiger partial charge in [0.1, 0.15) is 12.0 Å². The summed E-state index contributed by atoms with van der Waals surface area (Å²) < 4.78 is 2.18. The highest BCUT2D eigenvalue weighted by Crippen LogP contribution is 2.24. The summed E-state index contributed by atoms with van der Waals surface area (Å²) in [4.78, 5) is 14.2. The van der Waals surface area contributed by atoms with Crippen molar-refractivity contribution in [2.75, 3.05) is 5.43 Å². The van der Waals surface area contributed by atoms with Crippen LogP contribution in [0.4, 0.5) is 11.5 Å². The first-order chi connectivity index (χ1) is 15.0. The maximum absolute atomic E-state index is 10.7. The van der Waals surface area contributed by atoms with Gasteiger partial charge in [0.25, 0.3) is 5.69 Å². The summed E-state index contributed by atoms with van der Waals surface area (Å²) in [5, 5.41) is 14.9. The van der Waals surface area contributed by atoms with Gasteiger partial charge in [0.15, 0.2) is 0 Å². The summed E-state index contributed by atoms with van der Waals surface area (Å²) in [6, 6.07) is 23.7. The lowest BCUT2D eigenvalue weighted by Gasteiger charge is -2.11. The molecule has 0 radical (unpaired) electrons. The Bertz CT molecular complexity index is 1230. The number of nitro groups is 1. The SMILES string of the molecule is Cc1cc(/C=N\Nc2ccc([N+](=O)[O-])cn2)c(C)n1-c1ccc(-c2ccccc2)cc1. The number of nitrogens with zero attached hydrogens (tertiary/aromatic N) is 4. The number of pyridine rings is 1. The van der Waals surface area contributed by atoms with Crippen molar-refractivity contribution in [3.63, 3.8) is 0 Å². The molecule has 2 aromatic carbocycles. The molecule has 0 saturated carbocycles. The van der Waals surface area contributed by atoms with Gasteiger partial charge in [0, 0.05) is 28.7 Å². The Morgan fingerprint density at radius 1 is 1.00 bits per heavy atom. The minimum absolute atomic E-state index is 0.0589. The third kappa shape index (κ3) is 4.35. The molecular formula is C24H21N5O2. The molecule has 0 amide bonds. The van der Waals surface area contributed by atoms with Crippen LogP contribution in [-0.4, -0.2) is 20.7 Å². The first kappa shape index (κ1) is 20.0. The monoisotopic (exact) mass is 411 g/mol. The Balaban J connectivity index is 1.52. The molecule has 0 bridgehead atoms. The van der Waals surface area contributed by atoms with Gasteiger partial charge in [0.2, 0.25) is 0 Å². The molecule has 4 aromatic rings. The van der Waals surface area contributed by atoms with Gasteiger partial charge >= 0.3 is 0 Å². The highest BCUT2D eigenvalue weighted by atomic mass is 16.6. The predicted octanol–water partition coefficient (Wildman–Crippen LogP) is 5.51. The van der Waals surface area contributed by atoms with E-state index in [1.807, 2.05) is 25.1 Å². The van der Waals surface area contributed by atoms with Gasteiger partial charge in [-0.3, -0.25) is 15.5 Å². The molecule has 0 aliphatic heterocycles.